The second-order valence-electron chi connectivity index (χ2n) is 5.30. The summed E-state index contributed by atoms with van der Waals surface area (Å²) in [4.78, 5) is 28.1. The zero-order valence-corrected chi connectivity index (χ0v) is 15.1. The molecule has 8 heteroatoms. The molecule has 0 aliphatic rings. The maximum absolute atomic E-state index is 11.9. The standard InChI is InChI=1S/C17H16N2O4S2/c1-11(14-3-2-5-22-14)18-15(20)8-23-16(21)7-13-10-25-17(19-13)12-4-6-24-9-12/h2-6,9-11H,7-8H2,1H3,(H,18,20)/t11-/m1/s1. The topological polar surface area (TPSA) is 81.4 Å². The fraction of sp³-hybridized carbons (Fsp3) is 0.235. The van der Waals surface area contributed by atoms with Crippen LogP contribution in [0.25, 0.3) is 10.6 Å². The molecule has 0 fully saturated rings. The lowest BCUT2D eigenvalue weighted by atomic mass is 10.2. The van der Waals surface area contributed by atoms with Crippen LogP contribution in [0.3, 0.4) is 0 Å². The number of nitrogens with one attached hydrogen (secondary N) is 1. The van der Waals surface area contributed by atoms with Crippen LogP contribution in [0.2, 0.25) is 0 Å². The highest BCUT2D eigenvalue weighted by Crippen LogP contribution is 2.25. The van der Waals surface area contributed by atoms with E-state index in [0.29, 0.717) is 11.5 Å². The SMILES string of the molecule is C[C@@H](NC(=O)COC(=O)Cc1csc(-c2ccsc2)n1)c1ccco1. The van der Waals surface area contributed by atoms with Gasteiger partial charge in [0.05, 0.1) is 24.4 Å². The molecule has 0 aliphatic heterocycles. The van der Waals surface area contributed by atoms with E-state index in [-0.39, 0.29) is 25.0 Å². The molecule has 3 aromatic rings. The first-order valence-electron chi connectivity index (χ1n) is 7.57. The molecule has 6 nitrogen and oxygen atoms in total. The molecular formula is C17H16N2O4S2. The molecule has 0 bridgehead atoms. The molecule has 3 heterocycles. The van der Waals surface area contributed by atoms with Crippen LogP contribution in [0.1, 0.15) is 24.4 Å². The third-order valence-electron chi connectivity index (χ3n) is 3.36. The lowest BCUT2D eigenvalue weighted by molar-refractivity contribution is -0.148. The van der Waals surface area contributed by atoms with Gasteiger partial charge in [0.1, 0.15) is 10.8 Å². The summed E-state index contributed by atoms with van der Waals surface area (Å²) in [5.41, 5.74) is 1.68. The molecule has 1 amide bonds. The number of esters is 1. The maximum Gasteiger partial charge on any atom is 0.312 e. The summed E-state index contributed by atoms with van der Waals surface area (Å²) >= 11 is 3.08. The van der Waals surface area contributed by atoms with Gasteiger partial charge in [-0.05, 0) is 30.5 Å². The van der Waals surface area contributed by atoms with Crippen molar-refractivity contribution in [1.82, 2.24) is 10.3 Å². The van der Waals surface area contributed by atoms with Gasteiger partial charge in [0, 0.05) is 16.3 Å². The minimum atomic E-state index is -0.483. The van der Waals surface area contributed by atoms with E-state index in [9.17, 15) is 9.59 Å². The number of amides is 1. The lowest BCUT2D eigenvalue weighted by Crippen LogP contribution is -2.31. The van der Waals surface area contributed by atoms with Gasteiger partial charge in [0.2, 0.25) is 0 Å². The molecule has 0 unspecified atom stereocenters. The predicted octanol–water partition coefficient (Wildman–Crippen LogP) is 3.43. The number of carbonyl (C=O) groups excluding carboxylic acids is 2. The normalized spacial score (nSPS) is 11.9. The number of thiophene rings is 1. The lowest BCUT2D eigenvalue weighted by Gasteiger charge is -2.11. The number of ether oxygens (including phenoxy) is 1. The average molecular weight is 376 g/mol. The second kappa shape index (κ2) is 8.09. The van der Waals surface area contributed by atoms with E-state index in [1.165, 1.54) is 17.6 Å². The Hall–Kier alpha value is -2.45. The van der Waals surface area contributed by atoms with Gasteiger partial charge in [-0.2, -0.15) is 11.3 Å². The summed E-state index contributed by atoms with van der Waals surface area (Å²) in [6.07, 6.45) is 1.58. The first-order chi connectivity index (χ1) is 12.1. The fourth-order valence-electron chi connectivity index (χ4n) is 2.14. The number of carbonyl (C=O) groups is 2. The van der Waals surface area contributed by atoms with Crippen molar-refractivity contribution in [3.63, 3.8) is 0 Å². The minimum Gasteiger partial charge on any atom is -0.467 e. The van der Waals surface area contributed by atoms with Gasteiger partial charge in [0.25, 0.3) is 5.91 Å². The molecule has 0 saturated heterocycles. The summed E-state index contributed by atoms with van der Waals surface area (Å²) in [6, 6.07) is 5.21. The largest absolute Gasteiger partial charge is 0.467 e. The highest BCUT2D eigenvalue weighted by molar-refractivity contribution is 7.14. The van der Waals surface area contributed by atoms with Crippen LogP contribution in [-0.4, -0.2) is 23.5 Å². The number of hydrogen-bond donors (Lipinski definition) is 1. The van der Waals surface area contributed by atoms with Crippen LogP contribution in [0.15, 0.2) is 45.0 Å². The van der Waals surface area contributed by atoms with Gasteiger partial charge >= 0.3 is 5.97 Å². The molecule has 1 atom stereocenters. The Labute approximate surface area is 152 Å². The van der Waals surface area contributed by atoms with Crippen LogP contribution in [-0.2, 0) is 20.7 Å². The Balaban J connectivity index is 1.44. The van der Waals surface area contributed by atoms with Crippen molar-refractivity contribution < 1.29 is 18.7 Å². The highest BCUT2D eigenvalue weighted by atomic mass is 32.1. The molecule has 0 radical (unpaired) electrons. The fourth-order valence-corrected chi connectivity index (χ4v) is 3.68. The molecule has 0 spiro atoms. The van der Waals surface area contributed by atoms with Gasteiger partial charge in [-0.3, -0.25) is 9.59 Å². The number of nitrogens with zero attached hydrogens (tertiary/aromatic N) is 1. The smallest absolute Gasteiger partial charge is 0.312 e. The van der Waals surface area contributed by atoms with Gasteiger partial charge in [-0.1, -0.05) is 0 Å². The first-order valence-corrected chi connectivity index (χ1v) is 9.39. The number of hydrogen-bond acceptors (Lipinski definition) is 7. The molecule has 3 aromatic heterocycles. The van der Waals surface area contributed by atoms with Gasteiger partial charge in [-0.15, -0.1) is 11.3 Å². The van der Waals surface area contributed by atoms with Crippen molar-refractivity contribution in [2.24, 2.45) is 0 Å². The molecule has 0 aromatic carbocycles. The van der Waals surface area contributed by atoms with Crippen LogP contribution in [0.4, 0.5) is 0 Å². The van der Waals surface area contributed by atoms with E-state index >= 15 is 0 Å². The number of thiazole rings is 1. The Morgan fingerprint density at radius 2 is 2.24 bits per heavy atom. The monoisotopic (exact) mass is 376 g/mol. The molecule has 130 valence electrons. The number of rotatable bonds is 7. The summed E-state index contributed by atoms with van der Waals surface area (Å²) in [6.45, 7) is 1.46. The Morgan fingerprint density at radius 3 is 2.96 bits per heavy atom. The third kappa shape index (κ3) is 4.77. The van der Waals surface area contributed by atoms with E-state index in [2.05, 4.69) is 10.3 Å². The Bertz CT molecular complexity index is 825. The Kier molecular flexibility index (Phi) is 5.62. The van der Waals surface area contributed by atoms with Gasteiger partial charge < -0.3 is 14.5 Å². The number of furan rings is 1. The van der Waals surface area contributed by atoms with E-state index < -0.39 is 5.97 Å². The summed E-state index contributed by atoms with van der Waals surface area (Å²) in [7, 11) is 0. The van der Waals surface area contributed by atoms with E-state index in [4.69, 9.17) is 9.15 Å². The van der Waals surface area contributed by atoms with E-state index in [1.54, 1.807) is 30.4 Å². The molecule has 0 aliphatic carbocycles. The van der Waals surface area contributed by atoms with Crippen LogP contribution < -0.4 is 5.32 Å². The first kappa shape index (κ1) is 17.4. The summed E-state index contributed by atoms with van der Waals surface area (Å²) < 4.78 is 10.2. The number of aromatic nitrogens is 1. The van der Waals surface area contributed by atoms with E-state index in [1.807, 2.05) is 22.2 Å². The minimum absolute atomic E-state index is 0.0433. The third-order valence-corrected chi connectivity index (χ3v) is 4.98. The second-order valence-corrected chi connectivity index (χ2v) is 6.94. The Morgan fingerprint density at radius 1 is 1.36 bits per heavy atom. The zero-order valence-electron chi connectivity index (χ0n) is 13.4. The van der Waals surface area contributed by atoms with Gasteiger partial charge in [0.15, 0.2) is 6.61 Å². The van der Waals surface area contributed by atoms with Crippen LogP contribution in [0.5, 0.6) is 0 Å². The maximum atomic E-state index is 11.9. The molecular weight excluding hydrogens is 360 g/mol. The zero-order chi connectivity index (χ0) is 17.6. The van der Waals surface area contributed by atoms with Crippen molar-refractivity contribution in [2.75, 3.05) is 6.61 Å². The van der Waals surface area contributed by atoms with Crippen molar-refractivity contribution in [1.29, 1.82) is 0 Å². The molecule has 3 rings (SSSR count). The van der Waals surface area contributed by atoms with Crippen LogP contribution >= 0.6 is 22.7 Å². The van der Waals surface area contributed by atoms with E-state index in [0.717, 1.165) is 10.6 Å². The summed E-state index contributed by atoms with van der Waals surface area (Å²) in [5, 5.41) is 9.38. The quantitative estimate of drug-likeness (QED) is 0.639. The molecule has 25 heavy (non-hydrogen) atoms. The van der Waals surface area contributed by atoms with Crippen molar-refractivity contribution in [3.05, 3.63) is 52.1 Å². The van der Waals surface area contributed by atoms with Gasteiger partial charge in [-0.25, -0.2) is 4.98 Å². The highest BCUT2D eigenvalue weighted by Gasteiger charge is 2.15. The molecule has 1 N–H and O–H groups in total. The van der Waals surface area contributed by atoms with Crippen molar-refractivity contribution in [3.8, 4) is 10.6 Å². The van der Waals surface area contributed by atoms with Crippen molar-refractivity contribution in [2.45, 2.75) is 19.4 Å². The molecule has 0 saturated carbocycles. The predicted molar refractivity (Wildman–Crippen MR) is 95.4 cm³/mol. The van der Waals surface area contributed by atoms with Crippen molar-refractivity contribution >= 4 is 34.6 Å². The summed E-state index contributed by atoms with van der Waals surface area (Å²) in [5.74, 6) is -0.222. The van der Waals surface area contributed by atoms with Crippen LogP contribution in [0, 0.1) is 0 Å². The average Bonchev–Trinajstić information content (AvgIpc) is 3.32.